The predicted octanol–water partition coefficient (Wildman–Crippen LogP) is 4.30. The lowest BCUT2D eigenvalue weighted by atomic mass is 10.1. The minimum Gasteiger partial charge on any atom is -0.490 e. The van der Waals surface area contributed by atoms with E-state index >= 15 is 0 Å². The number of hydrogen-bond donors (Lipinski definition) is 1. The summed E-state index contributed by atoms with van der Waals surface area (Å²) in [6, 6.07) is 16.7. The number of anilines is 1. The van der Waals surface area contributed by atoms with Crippen molar-refractivity contribution in [3.05, 3.63) is 65.5 Å². The van der Waals surface area contributed by atoms with Crippen LogP contribution in [0.2, 0.25) is 0 Å². The van der Waals surface area contributed by atoms with E-state index in [1.54, 1.807) is 34.4 Å². The maximum atomic E-state index is 13.0. The van der Waals surface area contributed by atoms with Crippen LogP contribution in [0.25, 0.3) is 10.4 Å². The van der Waals surface area contributed by atoms with Crippen molar-refractivity contribution in [1.82, 2.24) is 4.90 Å². The van der Waals surface area contributed by atoms with Crippen molar-refractivity contribution < 1.29 is 23.8 Å². The first-order chi connectivity index (χ1) is 16.2. The number of thiophene rings is 1. The highest BCUT2D eigenvalue weighted by atomic mass is 32.1. The first-order valence-electron chi connectivity index (χ1n) is 10.8. The van der Waals surface area contributed by atoms with Gasteiger partial charge in [-0.05, 0) is 42.6 Å². The standard InChI is InChI=1S/C25H26N2O5S/c1-2-31-22-16-18(9-10-21(22)32-17-24(28)27-11-13-30-14-12-27)25(29)26-20-7-4-3-6-19(20)23-8-5-15-33-23/h3-10,15-16H,2,11-14,17H2,1H3,(H,26,29). The molecule has 4 rings (SSSR count). The summed E-state index contributed by atoms with van der Waals surface area (Å²) in [5.41, 5.74) is 2.14. The summed E-state index contributed by atoms with van der Waals surface area (Å²) in [5.74, 6) is 0.490. The van der Waals surface area contributed by atoms with Crippen molar-refractivity contribution in [3.63, 3.8) is 0 Å². The van der Waals surface area contributed by atoms with Crippen LogP contribution in [0.1, 0.15) is 17.3 Å². The lowest BCUT2D eigenvalue weighted by Gasteiger charge is -2.26. The molecule has 2 aromatic carbocycles. The minimum absolute atomic E-state index is 0.0974. The van der Waals surface area contributed by atoms with Crippen LogP contribution < -0.4 is 14.8 Å². The minimum atomic E-state index is -0.254. The topological polar surface area (TPSA) is 77.1 Å². The Balaban J connectivity index is 1.47. The summed E-state index contributed by atoms with van der Waals surface area (Å²) >= 11 is 1.62. The van der Waals surface area contributed by atoms with Crippen LogP contribution in [-0.2, 0) is 9.53 Å². The van der Waals surface area contributed by atoms with Crippen LogP contribution in [0.3, 0.4) is 0 Å². The Morgan fingerprint density at radius 1 is 1.03 bits per heavy atom. The molecule has 1 aliphatic rings. The van der Waals surface area contributed by atoms with Crippen LogP contribution in [0.15, 0.2) is 60.0 Å². The summed E-state index contributed by atoms with van der Waals surface area (Å²) in [6.45, 7) is 4.36. The van der Waals surface area contributed by atoms with Crippen molar-refractivity contribution in [1.29, 1.82) is 0 Å². The molecule has 1 N–H and O–H groups in total. The maximum Gasteiger partial charge on any atom is 0.260 e. The van der Waals surface area contributed by atoms with Crippen molar-refractivity contribution in [2.75, 3.05) is 44.8 Å². The Morgan fingerprint density at radius 3 is 2.61 bits per heavy atom. The van der Waals surface area contributed by atoms with Gasteiger partial charge in [0.15, 0.2) is 18.1 Å². The molecule has 0 aliphatic carbocycles. The molecule has 1 aromatic heterocycles. The number of nitrogens with zero attached hydrogens (tertiary/aromatic N) is 1. The Labute approximate surface area is 196 Å². The second-order valence-corrected chi connectivity index (χ2v) is 8.30. The van der Waals surface area contributed by atoms with Gasteiger partial charge in [-0.15, -0.1) is 11.3 Å². The molecule has 0 saturated carbocycles. The van der Waals surface area contributed by atoms with Gasteiger partial charge in [0.1, 0.15) is 0 Å². The lowest BCUT2D eigenvalue weighted by Crippen LogP contribution is -2.43. The number of benzene rings is 2. The molecule has 7 nitrogen and oxygen atoms in total. The number of morpholine rings is 1. The average molecular weight is 467 g/mol. The van der Waals surface area contributed by atoms with Gasteiger partial charge in [0, 0.05) is 34.8 Å². The van der Waals surface area contributed by atoms with Crippen molar-refractivity contribution in [2.45, 2.75) is 6.92 Å². The SMILES string of the molecule is CCOc1cc(C(=O)Nc2ccccc2-c2cccs2)ccc1OCC(=O)N1CCOCC1. The first-order valence-corrected chi connectivity index (χ1v) is 11.7. The van der Waals surface area contributed by atoms with E-state index < -0.39 is 0 Å². The second-order valence-electron chi connectivity index (χ2n) is 7.35. The molecule has 1 fully saturated rings. The molecule has 8 heteroatoms. The Morgan fingerprint density at radius 2 is 1.85 bits per heavy atom. The number of rotatable bonds is 8. The molecule has 2 amide bonds. The Bertz CT molecular complexity index is 1090. The summed E-state index contributed by atoms with van der Waals surface area (Å²) < 4.78 is 16.7. The molecule has 0 radical (unpaired) electrons. The maximum absolute atomic E-state index is 13.0. The van der Waals surface area contributed by atoms with E-state index in [-0.39, 0.29) is 18.4 Å². The third kappa shape index (κ3) is 5.71. The van der Waals surface area contributed by atoms with E-state index in [0.29, 0.717) is 50.0 Å². The zero-order valence-corrected chi connectivity index (χ0v) is 19.2. The molecule has 33 heavy (non-hydrogen) atoms. The fraction of sp³-hybridized carbons (Fsp3) is 0.280. The highest BCUT2D eigenvalue weighted by Gasteiger charge is 2.19. The normalized spacial score (nSPS) is 13.4. The molecule has 0 bridgehead atoms. The summed E-state index contributed by atoms with van der Waals surface area (Å²) in [5, 5.41) is 5.00. The smallest absolute Gasteiger partial charge is 0.260 e. The van der Waals surface area contributed by atoms with Crippen LogP contribution in [-0.4, -0.2) is 56.2 Å². The molecule has 3 aromatic rings. The number of hydrogen-bond acceptors (Lipinski definition) is 6. The number of amides is 2. The molecule has 0 atom stereocenters. The van der Waals surface area contributed by atoms with E-state index in [2.05, 4.69) is 5.32 Å². The molecule has 0 unspecified atom stereocenters. The molecular formula is C25H26N2O5S. The number of para-hydroxylation sites is 1. The average Bonchev–Trinajstić information content (AvgIpc) is 3.39. The fourth-order valence-corrected chi connectivity index (χ4v) is 4.28. The van der Waals surface area contributed by atoms with Gasteiger partial charge in [0.05, 0.1) is 19.8 Å². The molecule has 1 saturated heterocycles. The number of carbonyl (C=O) groups excluding carboxylic acids is 2. The number of carbonyl (C=O) groups is 2. The summed E-state index contributed by atoms with van der Waals surface area (Å²) in [6.07, 6.45) is 0. The third-order valence-corrected chi connectivity index (χ3v) is 6.09. The van der Waals surface area contributed by atoms with Gasteiger partial charge in [0.25, 0.3) is 11.8 Å². The van der Waals surface area contributed by atoms with E-state index in [4.69, 9.17) is 14.2 Å². The van der Waals surface area contributed by atoms with Crippen LogP contribution in [0.4, 0.5) is 5.69 Å². The van der Waals surface area contributed by atoms with Crippen molar-refractivity contribution in [2.24, 2.45) is 0 Å². The molecule has 0 spiro atoms. The van der Waals surface area contributed by atoms with Crippen LogP contribution in [0.5, 0.6) is 11.5 Å². The van der Waals surface area contributed by atoms with Gasteiger partial charge in [-0.2, -0.15) is 0 Å². The quantitative estimate of drug-likeness (QED) is 0.536. The van der Waals surface area contributed by atoms with Gasteiger partial charge in [0.2, 0.25) is 0 Å². The molecule has 172 valence electrons. The van der Waals surface area contributed by atoms with Crippen LogP contribution >= 0.6 is 11.3 Å². The molecular weight excluding hydrogens is 440 g/mol. The Hall–Kier alpha value is -3.36. The van der Waals surface area contributed by atoms with Crippen LogP contribution in [0, 0.1) is 0 Å². The van der Waals surface area contributed by atoms with Gasteiger partial charge < -0.3 is 24.4 Å². The van der Waals surface area contributed by atoms with Crippen molar-refractivity contribution >= 4 is 28.8 Å². The summed E-state index contributed by atoms with van der Waals surface area (Å²) in [7, 11) is 0. The zero-order chi connectivity index (χ0) is 23.0. The van der Waals surface area contributed by atoms with E-state index in [9.17, 15) is 9.59 Å². The van der Waals surface area contributed by atoms with Gasteiger partial charge in [-0.3, -0.25) is 9.59 Å². The number of ether oxygens (including phenoxy) is 3. The lowest BCUT2D eigenvalue weighted by molar-refractivity contribution is -0.137. The second kappa shape index (κ2) is 11.0. The van der Waals surface area contributed by atoms with Gasteiger partial charge in [-0.1, -0.05) is 24.3 Å². The monoisotopic (exact) mass is 466 g/mol. The molecule has 1 aliphatic heterocycles. The molecule has 2 heterocycles. The predicted molar refractivity (Wildman–Crippen MR) is 128 cm³/mol. The number of nitrogens with one attached hydrogen (secondary N) is 1. The highest BCUT2D eigenvalue weighted by Crippen LogP contribution is 2.33. The highest BCUT2D eigenvalue weighted by molar-refractivity contribution is 7.13. The van der Waals surface area contributed by atoms with Crippen molar-refractivity contribution in [3.8, 4) is 21.9 Å². The largest absolute Gasteiger partial charge is 0.490 e. The summed E-state index contributed by atoms with van der Waals surface area (Å²) in [4.78, 5) is 28.2. The van der Waals surface area contributed by atoms with E-state index in [1.807, 2.05) is 48.7 Å². The third-order valence-electron chi connectivity index (χ3n) is 5.18. The van der Waals surface area contributed by atoms with E-state index in [1.165, 1.54) is 0 Å². The van der Waals surface area contributed by atoms with Gasteiger partial charge in [-0.25, -0.2) is 0 Å². The zero-order valence-electron chi connectivity index (χ0n) is 18.4. The first kappa shape index (κ1) is 22.8. The van der Waals surface area contributed by atoms with Gasteiger partial charge >= 0.3 is 0 Å². The van der Waals surface area contributed by atoms with E-state index in [0.717, 1.165) is 16.1 Å². The fourth-order valence-electron chi connectivity index (χ4n) is 3.51. The Kier molecular flexibility index (Phi) is 7.59.